The number of alkyl halides is 1. The number of benzene rings is 2. The maximum Gasteiger partial charge on any atom is 0.459 e. The second kappa shape index (κ2) is 13.1. The van der Waals surface area contributed by atoms with Gasteiger partial charge in [0, 0.05) is 12.4 Å². The summed E-state index contributed by atoms with van der Waals surface area (Å²) < 4.78 is 54.9. The molecule has 6 atom stereocenters. The highest BCUT2D eigenvalue weighted by Gasteiger charge is 2.58. The number of nitrogen functional groups attached to an aromatic ring is 1. The summed E-state index contributed by atoms with van der Waals surface area (Å²) in [5, 5.41) is 18.0. The van der Waals surface area contributed by atoms with E-state index in [-0.39, 0.29) is 40.7 Å². The first kappa shape index (κ1) is 34.0. The van der Waals surface area contributed by atoms with E-state index in [1.165, 1.54) is 17.8 Å². The summed E-state index contributed by atoms with van der Waals surface area (Å²) in [7, 11) is -2.87. The highest BCUT2D eigenvalue weighted by molar-refractivity contribution is 7.52. The average molecular weight is 670 g/mol. The number of hydrogen-bond donors (Lipinski definition) is 4. The van der Waals surface area contributed by atoms with Gasteiger partial charge < -0.3 is 30.2 Å². The number of aliphatic hydroxyl groups excluding tert-OH is 1. The van der Waals surface area contributed by atoms with E-state index in [0.717, 1.165) is 5.39 Å². The van der Waals surface area contributed by atoms with Crippen molar-refractivity contribution >= 4 is 47.4 Å². The van der Waals surface area contributed by atoms with Crippen molar-refractivity contribution < 1.29 is 37.4 Å². The van der Waals surface area contributed by atoms with Gasteiger partial charge in [-0.15, -0.1) is 6.42 Å². The number of terminal acetylenes is 1. The van der Waals surface area contributed by atoms with Crippen LogP contribution >= 0.6 is 7.75 Å². The lowest BCUT2D eigenvalue weighted by Crippen LogP contribution is -2.42. The number of rotatable bonds is 11. The average Bonchev–Trinajstić information content (AvgIpc) is 3.56. The number of hydrogen-bond acceptors (Lipinski definition) is 12. The van der Waals surface area contributed by atoms with E-state index in [1.807, 2.05) is 44.9 Å². The predicted molar refractivity (Wildman–Crippen MR) is 173 cm³/mol. The van der Waals surface area contributed by atoms with Crippen LogP contribution in [0.5, 0.6) is 5.75 Å². The van der Waals surface area contributed by atoms with Crippen molar-refractivity contribution in [3.05, 3.63) is 48.8 Å². The molecular formula is C31H37FN7O7P. The molecule has 0 radical (unpaired) electrons. The van der Waals surface area contributed by atoms with E-state index >= 15 is 4.39 Å². The molecule has 47 heavy (non-hydrogen) atoms. The molecule has 250 valence electrons. The highest BCUT2D eigenvalue weighted by Crippen LogP contribution is 2.49. The molecule has 5 rings (SSSR count). The molecule has 0 bridgehead atoms. The molecule has 4 aromatic rings. The first-order valence-corrected chi connectivity index (χ1v) is 16.3. The number of imidazole rings is 1. The normalized spacial score (nSPS) is 23.2. The summed E-state index contributed by atoms with van der Waals surface area (Å²) in [6.07, 6.45) is 1.76. The first-order chi connectivity index (χ1) is 22.2. The van der Waals surface area contributed by atoms with Crippen molar-refractivity contribution in [2.75, 3.05) is 31.3 Å². The van der Waals surface area contributed by atoms with Gasteiger partial charge in [-0.1, -0.05) is 63.1 Å². The lowest BCUT2D eigenvalue weighted by atomic mass is 9.97. The summed E-state index contributed by atoms with van der Waals surface area (Å²) in [4.78, 5) is 25.3. The van der Waals surface area contributed by atoms with Gasteiger partial charge >= 0.3 is 13.7 Å². The minimum atomic E-state index is -4.47. The fraction of sp³-hybridized carbons (Fsp3) is 0.419. The van der Waals surface area contributed by atoms with Crippen molar-refractivity contribution in [1.82, 2.24) is 24.6 Å². The van der Waals surface area contributed by atoms with Crippen LogP contribution in [0.15, 0.2) is 48.8 Å². The molecule has 1 aliphatic heterocycles. The van der Waals surface area contributed by atoms with Gasteiger partial charge in [-0.05, 0) is 23.8 Å². The van der Waals surface area contributed by atoms with Crippen LogP contribution in [0.2, 0.25) is 0 Å². The number of aromatic nitrogens is 4. The zero-order chi connectivity index (χ0) is 34.1. The van der Waals surface area contributed by atoms with Gasteiger partial charge in [0.1, 0.15) is 24.0 Å². The molecule has 3 heterocycles. The van der Waals surface area contributed by atoms with Crippen molar-refractivity contribution in [3.63, 3.8) is 0 Å². The third-order valence-electron chi connectivity index (χ3n) is 7.32. The van der Waals surface area contributed by atoms with E-state index in [0.29, 0.717) is 5.39 Å². The van der Waals surface area contributed by atoms with Gasteiger partial charge in [0.25, 0.3) is 0 Å². The number of carbonyl (C=O) groups excluding carboxylic acids is 1. The lowest BCUT2D eigenvalue weighted by molar-refractivity contribution is -0.148. The second-order valence-corrected chi connectivity index (χ2v) is 14.0. The van der Waals surface area contributed by atoms with Gasteiger partial charge in [0.05, 0.1) is 19.5 Å². The molecule has 1 saturated heterocycles. The van der Waals surface area contributed by atoms with Crippen LogP contribution < -0.4 is 20.7 Å². The topological polar surface area (TPSA) is 185 Å². The summed E-state index contributed by atoms with van der Waals surface area (Å²) in [6, 6.07) is 11.2. The number of aliphatic hydroxyl groups is 1. The Kier molecular flexibility index (Phi) is 9.45. The maximum absolute atomic E-state index is 16.4. The number of nitrogens with one attached hydrogen (secondary N) is 2. The molecule has 5 N–H and O–H groups in total. The lowest BCUT2D eigenvalue weighted by Gasteiger charge is -2.26. The van der Waals surface area contributed by atoms with Crippen LogP contribution in [0.3, 0.4) is 0 Å². The molecule has 14 nitrogen and oxygen atoms in total. The Morgan fingerprint density at radius 2 is 2.00 bits per heavy atom. The van der Waals surface area contributed by atoms with Gasteiger partial charge in [-0.3, -0.25) is 13.9 Å². The van der Waals surface area contributed by atoms with E-state index in [2.05, 4.69) is 25.4 Å². The Morgan fingerprint density at radius 3 is 2.70 bits per heavy atom. The molecular weight excluding hydrogens is 632 g/mol. The Hall–Kier alpha value is -4.32. The number of nitrogens with zero attached hydrogens (tertiary/aromatic N) is 4. The quantitative estimate of drug-likeness (QED) is 0.102. The Labute approximate surface area is 270 Å². The van der Waals surface area contributed by atoms with Gasteiger partial charge in [-0.2, -0.15) is 15.1 Å². The molecule has 0 unspecified atom stereocenters. The SMILES string of the molecule is C#C[C@@]1(F)[C@H](O)[C@@H](CO[P@@](=O)(N[C@@H](C)C(=O)OCC(C)(C)C)Oc2cccc3ccccc23)O[C@H]1n1cnc2c(NC)nc(N)nc21. The molecule has 1 aliphatic rings. The number of nitrogens with two attached hydrogens (primary N) is 1. The number of ether oxygens (including phenoxy) is 2. The van der Waals surface area contributed by atoms with Crippen molar-refractivity contribution in [1.29, 1.82) is 0 Å². The third-order valence-corrected chi connectivity index (χ3v) is 8.95. The van der Waals surface area contributed by atoms with Crippen LogP contribution in [0.4, 0.5) is 16.2 Å². The molecule has 2 aromatic heterocycles. The Morgan fingerprint density at radius 1 is 1.28 bits per heavy atom. The van der Waals surface area contributed by atoms with Crippen LogP contribution in [0.25, 0.3) is 21.9 Å². The summed E-state index contributed by atoms with van der Waals surface area (Å²) >= 11 is 0. The van der Waals surface area contributed by atoms with Crippen LogP contribution in [-0.2, 0) is 23.4 Å². The highest BCUT2D eigenvalue weighted by atomic mass is 31.2. The molecule has 2 aromatic carbocycles. The maximum atomic E-state index is 16.4. The van der Waals surface area contributed by atoms with Crippen molar-refractivity contribution in [2.45, 2.75) is 57.8 Å². The number of fused-ring (bicyclic) bond motifs is 2. The number of anilines is 2. The van der Waals surface area contributed by atoms with Crippen molar-refractivity contribution in [2.24, 2.45) is 5.41 Å². The molecule has 0 saturated carbocycles. The summed E-state index contributed by atoms with van der Waals surface area (Å²) in [5.74, 6) is 1.62. The van der Waals surface area contributed by atoms with Gasteiger partial charge in [0.2, 0.25) is 11.6 Å². The van der Waals surface area contributed by atoms with Crippen LogP contribution in [0.1, 0.15) is 33.9 Å². The Balaban J connectivity index is 1.43. The number of carbonyl (C=O) groups is 1. The standard InChI is InChI=1S/C31H37FN7O7P/c1-7-31(32)24(40)22(45-28(31)39-17-35-23-25(34-6)36-29(33)37-26(23)39)15-44-47(42,38-18(2)27(41)43-16-30(3,4)5)46-21-14-10-12-19-11-8-9-13-20(19)21/h1,8-14,17-18,22,24,28,40H,15-16H2,2-6H3,(H,38,42)(H3,33,34,36,37)/t18-,22+,24+,28+,31+,47-/m0/s1. The molecule has 0 spiro atoms. The molecule has 0 aliphatic carbocycles. The fourth-order valence-corrected chi connectivity index (χ4v) is 6.48. The van der Waals surface area contributed by atoms with E-state index in [9.17, 15) is 14.5 Å². The van der Waals surface area contributed by atoms with E-state index in [1.54, 1.807) is 31.3 Å². The first-order valence-electron chi connectivity index (χ1n) is 14.7. The summed E-state index contributed by atoms with van der Waals surface area (Å²) in [5.41, 5.74) is 3.07. The van der Waals surface area contributed by atoms with Crippen LogP contribution in [-0.4, -0.2) is 74.8 Å². The predicted octanol–water partition coefficient (Wildman–Crippen LogP) is 3.97. The van der Waals surface area contributed by atoms with E-state index < -0.39 is 50.5 Å². The fourth-order valence-electron chi connectivity index (χ4n) is 4.96. The number of esters is 1. The second-order valence-electron chi connectivity index (χ2n) is 12.3. The Bertz CT molecular complexity index is 1870. The molecule has 0 amide bonds. The molecule has 1 fully saturated rings. The largest absolute Gasteiger partial charge is 0.464 e. The zero-order valence-corrected chi connectivity index (χ0v) is 27.4. The monoisotopic (exact) mass is 669 g/mol. The van der Waals surface area contributed by atoms with E-state index in [4.69, 9.17) is 30.7 Å². The van der Waals surface area contributed by atoms with Crippen LogP contribution in [0, 0.1) is 17.8 Å². The minimum Gasteiger partial charge on any atom is -0.464 e. The molecule has 16 heteroatoms. The van der Waals surface area contributed by atoms with Crippen molar-refractivity contribution in [3.8, 4) is 18.1 Å². The van der Waals surface area contributed by atoms with Gasteiger partial charge in [0.15, 0.2) is 23.2 Å². The minimum absolute atomic E-state index is 0.0899. The smallest absolute Gasteiger partial charge is 0.459 e. The zero-order valence-electron chi connectivity index (χ0n) is 26.5. The number of halogens is 1. The third kappa shape index (κ3) is 7.02. The summed E-state index contributed by atoms with van der Waals surface area (Å²) in [6.45, 7) is 6.56. The van der Waals surface area contributed by atoms with Gasteiger partial charge in [-0.25, -0.2) is 13.9 Å².